The van der Waals surface area contributed by atoms with Crippen molar-refractivity contribution in [2.45, 2.75) is 37.8 Å². The monoisotopic (exact) mass is 501 g/mol. The van der Waals surface area contributed by atoms with Gasteiger partial charge in [-0.25, -0.2) is 22.3 Å². The first-order valence-electron chi connectivity index (χ1n) is 12.2. The largest absolute Gasteiger partial charge is 0.381 e. The van der Waals surface area contributed by atoms with Gasteiger partial charge in [0, 0.05) is 42.6 Å². The minimum Gasteiger partial charge on any atom is -0.381 e. The molecule has 2 N–H and O–H groups in total. The fourth-order valence-corrected chi connectivity index (χ4v) is 6.41. The molecule has 0 unspecified atom stereocenters. The van der Waals surface area contributed by atoms with Crippen molar-refractivity contribution in [1.82, 2.24) is 14.9 Å². The van der Waals surface area contributed by atoms with E-state index in [9.17, 15) is 13.2 Å². The Balaban J connectivity index is 1.43. The van der Waals surface area contributed by atoms with E-state index in [0.717, 1.165) is 31.1 Å². The predicted molar refractivity (Wildman–Crippen MR) is 132 cm³/mol. The first-order chi connectivity index (χ1) is 16.8. The molecule has 188 valence electrons. The van der Waals surface area contributed by atoms with Gasteiger partial charge in [0.25, 0.3) is 0 Å². The molecule has 3 fully saturated rings. The van der Waals surface area contributed by atoms with Crippen molar-refractivity contribution in [3.8, 4) is 11.1 Å². The quantitative estimate of drug-likeness (QED) is 0.610. The highest BCUT2D eigenvalue weighted by Crippen LogP contribution is 2.55. The van der Waals surface area contributed by atoms with Crippen LogP contribution in [-0.2, 0) is 21.2 Å². The van der Waals surface area contributed by atoms with E-state index >= 15 is 4.39 Å². The number of hydrogen-bond donors (Lipinski definition) is 2. The molecule has 0 aromatic heterocycles. The van der Waals surface area contributed by atoms with Gasteiger partial charge in [-0.3, -0.25) is 0 Å². The molecule has 5 rings (SSSR count). The maximum absolute atomic E-state index is 15.7. The minimum atomic E-state index is -3.52. The van der Waals surface area contributed by atoms with Gasteiger partial charge in [-0.05, 0) is 36.8 Å². The lowest BCUT2D eigenvalue weighted by molar-refractivity contribution is 0.177. The first-order valence-corrected chi connectivity index (χ1v) is 14.1. The van der Waals surface area contributed by atoms with E-state index in [1.165, 1.54) is 0 Å². The summed E-state index contributed by atoms with van der Waals surface area (Å²) in [5, 5.41) is 3.02. The Hall–Kier alpha value is -2.49. The number of ether oxygens (including phenoxy) is 1. The summed E-state index contributed by atoms with van der Waals surface area (Å²) in [5.41, 5.74) is 1.44. The summed E-state index contributed by atoms with van der Waals surface area (Å²) in [5.74, 6) is -0.0585. The smallest absolute Gasteiger partial charge is 0.317 e. The lowest BCUT2D eigenvalue weighted by atomic mass is 9.91. The Bertz CT molecular complexity index is 1180. The molecule has 7 nitrogen and oxygen atoms in total. The van der Waals surface area contributed by atoms with Crippen LogP contribution in [-0.4, -0.2) is 64.0 Å². The highest BCUT2D eigenvalue weighted by Gasteiger charge is 2.61. The summed E-state index contributed by atoms with van der Waals surface area (Å²) in [6.45, 7) is 2.30. The molecule has 3 atom stereocenters. The van der Waals surface area contributed by atoms with Crippen LogP contribution in [0.4, 0.5) is 9.18 Å². The number of halogens is 1. The number of urea groups is 1. The molecular formula is C26H32FN3O4S. The topological polar surface area (TPSA) is 87.7 Å². The molecule has 0 radical (unpaired) electrons. The number of rotatable bonds is 7. The Morgan fingerprint density at radius 1 is 1.17 bits per heavy atom. The van der Waals surface area contributed by atoms with Crippen molar-refractivity contribution in [2.75, 3.05) is 32.6 Å². The second-order valence-electron chi connectivity index (χ2n) is 10.2. The average molecular weight is 502 g/mol. The van der Waals surface area contributed by atoms with Crippen molar-refractivity contribution in [3.63, 3.8) is 0 Å². The van der Waals surface area contributed by atoms with Crippen LogP contribution in [0.5, 0.6) is 0 Å². The third-order valence-electron chi connectivity index (χ3n) is 7.58. The van der Waals surface area contributed by atoms with Crippen LogP contribution in [0.3, 0.4) is 0 Å². The molecule has 2 aromatic rings. The van der Waals surface area contributed by atoms with Crippen molar-refractivity contribution >= 4 is 16.1 Å². The van der Waals surface area contributed by atoms with Gasteiger partial charge in [0.2, 0.25) is 10.0 Å². The van der Waals surface area contributed by atoms with E-state index in [2.05, 4.69) is 10.0 Å². The highest BCUT2D eigenvalue weighted by molar-refractivity contribution is 7.88. The standard InChI is InChI=1S/C26H32FN3O4S/c1-35(32,33)29-24-22(14-20-8-5-9-21(23(20)27)19-6-3-2-4-7-19)30(17-26(24)11-12-26)25(31)28-15-18-10-13-34-16-18/h2-9,18,22,24,29H,10-17H2,1H3,(H,28,31)/t18-,22-,24+/m0/s1. The molecule has 3 aliphatic rings. The van der Waals surface area contributed by atoms with Gasteiger partial charge < -0.3 is 15.0 Å². The van der Waals surface area contributed by atoms with Gasteiger partial charge in [0.05, 0.1) is 18.9 Å². The minimum absolute atomic E-state index is 0.224. The third-order valence-corrected chi connectivity index (χ3v) is 8.26. The summed E-state index contributed by atoms with van der Waals surface area (Å²) in [6, 6.07) is 13.4. The number of amides is 2. The van der Waals surface area contributed by atoms with E-state index in [4.69, 9.17) is 4.74 Å². The van der Waals surface area contributed by atoms with Crippen LogP contribution in [0, 0.1) is 17.2 Å². The van der Waals surface area contributed by atoms with Gasteiger partial charge in [-0.15, -0.1) is 0 Å². The average Bonchev–Trinajstić information content (AvgIpc) is 3.30. The highest BCUT2D eigenvalue weighted by atomic mass is 32.2. The number of carbonyl (C=O) groups excluding carboxylic acids is 1. The van der Waals surface area contributed by atoms with Gasteiger partial charge in [0.15, 0.2) is 0 Å². The van der Waals surface area contributed by atoms with Gasteiger partial charge in [-0.1, -0.05) is 48.5 Å². The molecule has 2 aliphatic heterocycles. The fraction of sp³-hybridized carbons (Fsp3) is 0.500. The van der Waals surface area contributed by atoms with Crippen molar-refractivity contribution < 1.29 is 22.3 Å². The third kappa shape index (κ3) is 5.22. The first kappa shape index (κ1) is 24.2. The summed E-state index contributed by atoms with van der Waals surface area (Å²) < 4.78 is 48.4. The summed E-state index contributed by atoms with van der Waals surface area (Å²) in [4.78, 5) is 15.0. The van der Waals surface area contributed by atoms with Gasteiger partial charge >= 0.3 is 6.03 Å². The van der Waals surface area contributed by atoms with Crippen LogP contribution in [0.1, 0.15) is 24.8 Å². The molecule has 0 bridgehead atoms. The van der Waals surface area contributed by atoms with E-state index in [1.54, 1.807) is 17.0 Å². The van der Waals surface area contributed by atoms with Crippen LogP contribution in [0.2, 0.25) is 0 Å². The molecule has 1 spiro atoms. The van der Waals surface area contributed by atoms with E-state index in [0.29, 0.717) is 37.4 Å². The molecule has 1 aliphatic carbocycles. The Labute approximate surface area is 206 Å². The van der Waals surface area contributed by atoms with Crippen molar-refractivity contribution in [2.24, 2.45) is 11.3 Å². The number of nitrogens with one attached hydrogen (secondary N) is 2. The Morgan fingerprint density at radius 2 is 1.94 bits per heavy atom. The van der Waals surface area contributed by atoms with E-state index in [1.807, 2.05) is 36.4 Å². The molecule has 35 heavy (non-hydrogen) atoms. The van der Waals surface area contributed by atoms with Crippen molar-refractivity contribution in [3.05, 3.63) is 59.9 Å². The molecule has 2 saturated heterocycles. The van der Waals surface area contributed by atoms with Crippen LogP contribution in [0.15, 0.2) is 48.5 Å². The molecule has 1 saturated carbocycles. The summed E-state index contributed by atoms with van der Waals surface area (Å²) in [6.07, 6.45) is 3.94. The number of nitrogens with zero attached hydrogens (tertiary/aromatic N) is 1. The van der Waals surface area contributed by atoms with Crippen molar-refractivity contribution in [1.29, 1.82) is 0 Å². The maximum atomic E-state index is 15.7. The predicted octanol–water partition coefficient (Wildman–Crippen LogP) is 3.16. The van der Waals surface area contributed by atoms with E-state index < -0.39 is 22.1 Å². The number of carbonyl (C=O) groups is 1. The van der Waals surface area contributed by atoms with Crippen LogP contribution in [0.25, 0.3) is 11.1 Å². The van der Waals surface area contributed by atoms with Crippen LogP contribution >= 0.6 is 0 Å². The summed E-state index contributed by atoms with van der Waals surface area (Å²) in [7, 11) is -3.52. The zero-order chi connectivity index (χ0) is 24.6. The zero-order valence-electron chi connectivity index (χ0n) is 19.9. The maximum Gasteiger partial charge on any atom is 0.317 e. The zero-order valence-corrected chi connectivity index (χ0v) is 20.7. The second kappa shape index (κ2) is 9.52. The SMILES string of the molecule is CS(=O)(=O)N[C@@H]1[C@H](Cc2cccc(-c3ccccc3)c2F)N(C(=O)NC[C@@H]2CCOC2)CC12CC2. The molecular weight excluding hydrogens is 469 g/mol. The molecule has 9 heteroatoms. The number of sulfonamides is 1. The van der Waals surface area contributed by atoms with Gasteiger partial charge in [-0.2, -0.15) is 0 Å². The normalized spacial score (nSPS) is 25.2. The number of hydrogen-bond acceptors (Lipinski definition) is 4. The second-order valence-corrected chi connectivity index (χ2v) is 12.0. The number of likely N-dealkylation sites (tertiary alicyclic amines) is 1. The summed E-state index contributed by atoms with van der Waals surface area (Å²) >= 11 is 0. The number of benzene rings is 2. The van der Waals surface area contributed by atoms with Gasteiger partial charge in [0.1, 0.15) is 5.82 Å². The molecule has 2 aromatic carbocycles. The van der Waals surface area contributed by atoms with Crippen LogP contribution < -0.4 is 10.0 Å². The Kier molecular flexibility index (Phi) is 6.59. The molecule has 2 heterocycles. The molecule has 2 amide bonds. The lowest BCUT2D eigenvalue weighted by Gasteiger charge is -2.29. The van der Waals surface area contributed by atoms with E-state index in [-0.39, 0.29) is 29.6 Å². The Morgan fingerprint density at radius 3 is 2.60 bits per heavy atom. The lowest BCUT2D eigenvalue weighted by Crippen LogP contribution is -2.51. The fourth-order valence-electron chi connectivity index (χ4n) is 5.54.